The summed E-state index contributed by atoms with van der Waals surface area (Å²) < 4.78 is 8.16. The van der Waals surface area contributed by atoms with Crippen LogP contribution in [0.15, 0.2) is 29.4 Å². The van der Waals surface area contributed by atoms with Crippen molar-refractivity contribution in [2.75, 3.05) is 13.6 Å². The van der Waals surface area contributed by atoms with E-state index >= 15 is 0 Å². The van der Waals surface area contributed by atoms with Gasteiger partial charge >= 0.3 is 0 Å². The molecule has 0 aliphatic heterocycles. The van der Waals surface area contributed by atoms with Crippen molar-refractivity contribution >= 4 is 29.9 Å². The van der Waals surface area contributed by atoms with Gasteiger partial charge in [-0.1, -0.05) is 6.07 Å². The van der Waals surface area contributed by atoms with Gasteiger partial charge in [0.1, 0.15) is 6.10 Å². The lowest BCUT2D eigenvalue weighted by Crippen LogP contribution is -2.37. The van der Waals surface area contributed by atoms with E-state index in [0.717, 1.165) is 55.4 Å². The van der Waals surface area contributed by atoms with E-state index in [9.17, 15) is 0 Å². The van der Waals surface area contributed by atoms with Crippen LogP contribution in [-0.4, -0.2) is 40.4 Å². The lowest BCUT2D eigenvalue weighted by atomic mass is 10.2. The van der Waals surface area contributed by atoms with Crippen molar-refractivity contribution in [1.82, 2.24) is 25.4 Å². The van der Waals surface area contributed by atoms with Crippen molar-refractivity contribution in [2.45, 2.75) is 65.1 Å². The molecule has 1 fully saturated rings. The molecule has 8 heteroatoms. The molecule has 0 aromatic carbocycles. The number of hydrogen-bond donors (Lipinski definition) is 2. The zero-order chi connectivity index (χ0) is 19.8. The summed E-state index contributed by atoms with van der Waals surface area (Å²) in [5.74, 6) is 1.52. The largest absolute Gasteiger partial charge is 0.474 e. The molecule has 1 aliphatic rings. The van der Waals surface area contributed by atoms with E-state index in [-0.39, 0.29) is 24.0 Å². The molecule has 160 valence electrons. The summed E-state index contributed by atoms with van der Waals surface area (Å²) in [5, 5.41) is 11.2. The van der Waals surface area contributed by atoms with Gasteiger partial charge < -0.3 is 15.4 Å². The molecule has 1 aliphatic carbocycles. The first kappa shape index (κ1) is 23.4. The van der Waals surface area contributed by atoms with Crippen LogP contribution in [0.25, 0.3) is 0 Å². The third-order valence-corrected chi connectivity index (χ3v) is 5.04. The molecule has 2 aromatic heterocycles. The Morgan fingerprint density at radius 3 is 2.76 bits per heavy atom. The molecule has 2 heterocycles. The van der Waals surface area contributed by atoms with Crippen LogP contribution in [0.3, 0.4) is 0 Å². The van der Waals surface area contributed by atoms with Crippen molar-refractivity contribution < 1.29 is 4.74 Å². The summed E-state index contributed by atoms with van der Waals surface area (Å²) in [6.07, 6.45) is 7.83. The Kier molecular flexibility index (Phi) is 9.69. The molecule has 1 saturated carbocycles. The second-order valence-corrected chi connectivity index (χ2v) is 7.35. The first-order valence-electron chi connectivity index (χ1n) is 10.2. The molecular weight excluding hydrogens is 479 g/mol. The maximum Gasteiger partial charge on any atom is 0.218 e. The third kappa shape index (κ3) is 7.17. The smallest absolute Gasteiger partial charge is 0.218 e. The lowest BCUT2D eigenvalue weighted by Gasteiger charge is -2.17. The summed E-state index contributed by atoms with van der Waals surface area (Å²) in [6.45, 7) is 6.47. The summed E-state index contributed by atoms with van der Waals surface area (Å²) in [4.78, 5) is 8.75. The van der Waals surface area contributed by atoms with Crippen LogP contribution < -0.4 is 15.4 Å². The van der Waals surface area contributed by atoms with Crippen LogP contribution in [0.2, 0.25) is 0 Å². The zero-order valence-corrected chi connectivity index (χ0v) is 20.0. The number of aryl methyl sites for hydroxylation is 3. The van der Waals surface area contributed by atoms with Crippen molar-refractivity contribution in [3.63, 3.8) is 0 Å². The Morgan fingerprint density at radius 2 is 2.07 bits per heavy atom. The van der Waals surface area contributed by atoms with E-state index in [1.165, 1.54) is 18.5 Å². The second kappa shape index (κ2) is 12.0. The van der Waals surface area contributed by atoms with Gasteiger partial charge in [-0.2, -0.15) is 5.10 Å². The molecule has 0 bridgehead atoms. The first-order valence-corrected chi connectivity index (χ1v) is 10.2. The number of halogens is 1. The number of aromatic nitrogens is 3. The number of pyridine rings is 1. The topological polar surface area (TPSA) is 76.4 Å². The summed E-state index contributed by atoms with van der Waals surface area (Å²) in [6, 6.07) is 6.11. The Balaban J connectivity index is 0.00000300. The van der Waals surface area contributed by atoms with Gasteiger partial charge in [0.05, 0.1) is 5.69 Å². The van der Waals surface area contributed by atoms with E-state index in [2.05, 4.69) is 49.4 Å². The molecule has 0 unspecified atom stereocenters. The maximum absolute atomic E-state index is 6.11. The maximum atomic E-state index is 6.11. The van der Waals surface area contributed by atoms with Crippen LogP contribution in [0.4, 0.5) is 0 Å². The zero-order valence-electron chi connectivity index (χ0n) is 17.6. The highest BCUT2D eigenvalue weighted by molar-refractivity contribution is 14.0. The fourth-order valence-corrected chi connectivity index (χ4v) is 3.57. The standard InChI is InChI=1S/C21H32N6O.HI/c1-16-14-17(2)27(26-16)13-7-12-24-21(22-3)25-15-18-8-6-11-23-20(18)28-19-9-4-5-10-19;/h6,8,11,14,19H,4-5,7,9-10,12-13,15H2,1-3H3,(H2,22,24,25);1H. The quantitative estimate of drug-likeness (QED) is 0.245. The molecule has 3 rings (SSSR count). The minimum Gasteiger partial charge on any atom is -0.474 e. The van der Waals surface area contributed by atoms with Crippen LogP contribution in [0.1, 0.15) is 49.1 Å². The SMILES string of the molecule is CN=C(NCCCn1nc(C)cc1C)NCc1cccnc1OC1CCCC1.I. The van der Waals surface area contributed by atoms with Gasteiger partial charge in [0.25, 0.3) is 0 Å². The Bertz CT molecular complexity index is 785. The van der Waals surface area contributed by atoms with E-state index in [1.807, 2.05) is 13.0 Å². The molecule has 2 aromatic rings. The molecule has 0 saturated heterocycles. The number of nitrogens with zero attached hydrogens (tertiary/aromatic N) is 4. The molecule has 0 atom stereocenters. The number of rotatable bonds is 8. The van der Waals surface area contributed by atoms with Gasteiger partial charge in [0, 0.05) is 44.1 Å². The fourth-order valence-electron chi connectivity index (χ4n) is 3.57. The van der Waals surface area contributed by atoms with Crippen molar-refractivity contribution in [1.29, 1.82) is 0 Å². The van der Waals surface area contributed by atoms with Crippen molar-refractivity contribution in [3.05, 3.63) is 41.3 Å². The van der Waals surface area contributed by atoms with Crippen LogP contribution >= 0.6 is 24.0 Å². The molecule has 0 spiro atoms. The molecule has 7 nitrogen and oxygen atoms in total. The summed E-state index contributed by atoms with van der Waals surface area (Å²) in [5.41, 5.74) is 3.32. The predicted molar refractivity (Wildman–Crippen MR) is 127 cm³/mol. The monoisotopic (exact) mass is 512 g/mol. The first-order chi connectivity index (χ1) is 13.7. The third-order valence-electron chi connectivity index (χ3n) is 5.04. The Morgan fingerprint density at radius 1 is 1.28 bits per heavy atom. The Hall–Kier alpha value is -1.84. The number of guanidine groups is 1. The molecule has 29 heavy (non-hydrogen) atoms. The molecule has 0 amide bonds. The van der Waals surface area contributed by atoms with Gasteiger partial charge in [-0.05, 0) is 58.1 Å². The van der Waals surface area contributed by atoms with Gasteiger partial charge in [0.15, 0.2) is 5.96 Å². The average molecular weight is 512 g/mol. The van der Waals surface area contributed by atoms with Gasteiger partial charge in [0.2, 0.25) is 5.88 Å². The van der Waals surface area contributed by atoms with Gasteiger partial charge in [-0.25, -0.2) is 4.98 Å². The highest BCUT2D eigenvalue weighted by Gasteiger charge is 2.18. The predicted octanol–water partition coefficient (Wildman–Crippen LogP) is 3.59. The van der Waals surface area contributed by atoms with Crippen LogP contribution in [0.5, 0.6) is 5.88 Å². The Labute approximate surface area is 190 Å². The van der Waals surface area contributed by atoms with E-state index in [0.29, 0.717) is 12.6 Å². The number of hydrogen-bond acceptors (Lipinski definition) is 4. The lowest BCUT2D eigenvalue weighted by molar-refractivity contribution is 0.199. The van der Waals surface area contributed by atoms with Crippen molar-refractivity contribution in [2.24, 2.45) is 4.99 Å². The molecule has 2 N–H and O–H groups in total. The number of aliphatic imine (C=N–C) groups is 1. The number of nitrogens with one attached hydrogen (secondary N) is 2. The van der Waals surface area contributed by atoms with Crippen LogP contribution in [-0.2, 0) is 13.1 Å². The number of ether oxygens (including phenoxy) is 1. The normalized spacial score (nSPS) is 14.5. The van der Waals surface area contributed by atoms with E-state index in [4.69, 9.17) is 4.74 Å². The van der Waals surface area contributed by atoms with Crippen molar-refractivity contribution in [3.8, 4) is 5.88 Å². The van der Waals surface area contributed by atoms with Gasteiger partial charge in [-0.3, -0.25) is 9.67 Å². The highest BCUT2D eigenvalue weighted by atomic mass is 127. The second-order valence-electron chi connectivity index (χ2n) is 7.35. The minimum absolute atomic E-state index is 0. The highest BCUT2D eigenvalue weighted by Crippen LogP contribution is 2.24. The van der Waals surface area contributed by atoms with Crippen LogP contribution in [0, 0.1) is 13.8 Å². The van der Waals surface area contributed by atoms with E-state index in [1.54, 1.807) is 13.2 Å². The van der Waals surface area contributed by atoms with Gasteiger partial charge in [-0.15, -0.1) is 24.0 Å². The molecule has 0 radical (unpaired) electrons. The average Bonchev–Trinajstić information content (AvgIpc) is 3.31. The summed E-state index contributed by atoms with van der Waals surface area (Å²) >= 11 is 0. The minimum atomic E-state index is 0. The summed E-state index contributed by atoms with van der Waals surface area (Å²) in [7, 11) is 1.79. The fraction of sp³-hybridized carbons (Fsp3) is 0.571. The molecular formula is C21H33IN6O. The van der Waals surface area contributed by atoms with E-state index < -0.39 is 0 Å².